The molecular formula is H3CoO4P. The Morgan fingerprint density at radius 2 is 1.17 bits per heavy atom. The van der Waals surface area contributed by atoms with Crippen LogP contribution in [-0.4, -0.2) is 14.7 Å². The van der Waals surface area contributed by atoms with Gasteiger partial charge >= 0.3 is 7.82 Å². The third-order valence-corrected chi connectivity index (χ3v) is 0. The van der Waals surface area contributed by atoms with E-state index in [1.807, 2.05) is 0 Å². The van der Waals surface area contributed by atoms with Crippen LogP contribution in [0.1, 0.15) is 0 Å². The topological polar surface area (TPSA) is 77.8 Å². The summed E-state index contributed by atoms with van der Waals surface area (Å²) < 4.78 is 8.88. The maximum absolute atomic E-state index is 8.88. The van der Waals surface area contributed by atoms with E-state index in [1.165, 1.54) is 0 Å². The normalized spacial score (nSPS) is 9.83. The summed E-state index contributed by atoms with van der Waals surface area (Å²) in [5.41, 5.74) is 0. The maximum atomic E-state index is 8.88. The van der Waals surface area contributed by atoms with Crippen LogP contribution in [0.25, 0.3) is 0 Å². The molecule has 0 aliphatic rings. The van der Waals surface area contributed by atoms with Gasteiger partial charge in [-0.2, -0.15) is 0 Å². The molecule has 0 fully saturated rings. The molecule has 0 aromatic carbocycles. The van der Waals surface area contributed by atoms with E-state index in [4.69, 9.17) is 19.2 Å². The van der Waals surface area contributed by atoms with Crippen molar-refractivity contribution in [1.29, 1.82) is 0 Å². The summed E-state index contributed by atoms with van der Waals surface area (Å²) in [4.78, 5) is 21.6. The SMILES string of the molecule is O=P(O)(O)O.[Co]. The zero-order chi connectivity index (χ0) is 4.50. The van der Waals surface area contributed by atoms with Gasteiger partial charge in [-0.1, -0.05) is 0 Å². The van der Waals surface area contributed by atoms with Gasteiger partial charge in [0, 0.05) is 16.8 Å². The first-order valence-electron chi connectivity index (χ1n) is 0.783. The summed E-state index contributed by atoms with van der Waals surface area (Å²) >= 11 is 0. The Morgan fingerprint density at radius 3 is 1.17 bits per heavy atom. The molecule has 0 saturated heterocycles. The first-order chi connectivity index (χ1) is 2.00. The Kier molecular flexibility index (Phi) is 4.46. The molecule has 0 spiro atoms. The van der Waals surface area contributed by atoms with E-state index in [2.05, 4.69) is 0 Å². The van der Waals surface area contributed by atoms with Gasteiger partial charge in [0.05, 0.1) is 0 Å². The van der Waals surface area contributed by atoms with Crippen LogP contribution < -0.4 is 0 Å². The minimum absolute atomic E-state index is 0. The number of rotatable bonds is 0. The Balaban J connectivity index is 0. The molecule has 0 unspecified atom stereocenters. The molecule has 0 atom stereocenters. The summed E-state index contributed by atoms with van der Waals surface area (Å²) in [6.07, 6.45) is 0. The summed E-state index contributed by atoms with van der Waals surface area (Å²) in [6.45, 7) is 0. The van der Waals surface area contributed by atoms with Crippen molar-refractivity contribution in [3.8, 4) is 0 Å². The molecule has 6 heavy (non-hydrogen) atoms. The van der Waals surface area contributed by atoms with Gasteiger partial charge in [-0.15, -0.1) is 0 Å². The molecule has 6 heteroatoms. The van der Waals surface area contributed by atoms with Crippen LogP contribution in [-0.2, 0) is 21.3 Å². The molecule has 0 heterocycles. The maximum Gasteiger partial charge on any atom is 0.466 e. The number of hydrogen-bond donors (Lipinski definition) is 3. The Morgan fingerprint density at radius 1 is 1.17 bits per heavy atom. The molecule has 0 aromatic heterocycles. The minimum Gasteiger partial charge on any atom is -0.303 e. The summed E-state index contributed by atoms with van der Waals surface area (Å²) in [6, 6.07) is 0. The monoisotopic (exact) mass is 157 g/mol. The minimum atomic E-state index is -4.64. The van der Waals surface area contributed by atoms with Crippen molar-refractivity contribution in [1.82, 2.24) is 0 Å². The van der Waals surface area contributed by atoms with Gasteiger partial charge in [-0.05, 0) is 0 Å². The smallest absolute Gasteiger partial charge is 0.303 e. The fraction of sp³-hybridized carbons (Fsp3) is 0. The van der Waals surface area contributed by atoms with Crippen LogP contribution in [0.15, 0.2) is 0 Å². The summed E-state index contributed by atoms with van der Waals surface area (Å²) in [5, 5.41) is 0. The Hall–Kier alpha value is 0.616. The first-order valence-corrected chi connectivity index (χ1v) is 2.35. The summed E-state index contributed by atoms with van der Waals surface area (Å²) in [5.74, 6) is 0. The average molecular weight is 157 g/mol. The van der Waals surface area contributed by atoms with E-state index in [0.29, 0.717) is 0 Å². The second kappa shape index (κ2) is 2.73. The van der Waals surface area contributed by atoms with Gasteiger partial charge < -0.3 is 14.7 Å². The standard InChI is InChI=1S/Co.H3O4P/c;1-5(2,3)4/h;(H3,1,2,3,4). The fourth-order valence-electron chi connectivity index (χ4n) is 0. The summed E-state index contributed by atoms with van der Waals surface area (Å²) in [7, 11) is -4.64. The third-order valence-electron chi connectivity index (χ3n) is 0. The molecule has 0 bridgehead atoms. The van der Waals surface area contributed by atoms with Gasteiger partial charge in [-0.25, -0.2) is 4.57 Å². The van der Waals surface area contributed by atoms with Crippen LogP contribution >= 0.6 is 7.82 Å². The molecule has 0 saturated carbocycles. The molecule has 41 valence electrons. The Bertz CT molecular complexity index is 53.7. The zero-order valence-corrected chi connectivity index (χ0v) is 4.47. The van der Waals surface area contributed by atoms with Gasteiger partial charge in [0.15, 0.2) is 0 Å². The molecule has 0 aromatic rings. The molecule has 0 aliphatic carbocycles. The van der Waals surface area contributed by atoms with E-state index >= 15 is 0 Å². The van der Waals surface area contributed by atoms with E-state index in [0.717, 1.165) is 0 Å². The van der Waals surface area contributed by atoms with Gasteiger partial charge in [0.1, 0.15) is 0 Å². The van der Waals surface area contributed by atoms with Crippen molar-refractivity contribution in [2.75, 3.05) is 0 Å². The molecular weight excluding hydrogens is 154 g/mol. The van der Waals surface area contributed by atoms with Crippen LogP contribution in [0, 0.1) is 0 Å². The van der Waals surface area contributed by atoms with Crippen LogP contribution in [0.3, 0.4) is 0 Å². The van der Waals surface area contributed by atoms with Crippen molar-refractivity contribution in [2.24, 2.45) is 0 Å². The van der Waals surface area contributed by atoms with Crippen molar-refractivity contribution in [2.45, 2.75) is 0 Å². The largest absolute Gasteiger partial charge is 0.466 e. The molecule has 4 nitrogen and oxygen atoms in total. The van der Waals surface area contributed by atoms with Crippen molar-refractivity contribution in [3.05, 3.63) is 0 Å². The average Bonchev–Trinajstić information content (AvgIpc) is 0.722. The van der Waals surface area contributed by atoms with Gasteiger partial charge in [-0.3, -0.25) is 0 Å². The van der Waals surface area contributed by atoms with Crippen LogP contribution in [0.4, 0.5) is 0 Å². The predicted molar refractivity (Wildman–Crippen MR) is 14.3 cm³/mol. The van der Waals surface area contributed by atoms with E-state index in [9.17, 15) is 0 Å². The van der Waals surface area contributed by atoms with E-state index < -0.39 is 7.82 Å². The Labute approximate surface area is 44.6 Å². The quantitative estimate of drug-likeness (QED) is 0.397. The van der Waals surface area contributed by atoms with Crippen LogP contribution in [0.5, 0.6) is 0 Å². The second-order valence-electron chi connectivity index (χ2n) is 0.513. The molecule has 3 N–H and O–H groups in total. The second-order valence-corrected chi connectivity index (χ2v) is 1.54. The third kappa shape index (κ3) is 159. The molecule has 0 aliphatic heterocycles. The van der Waals surface area contributed by atoms with Crippen LogP contribution in [0.2, 0.25) is 0 Å². The predicted octanol–water partition coefficient (Wildman–Crippen LogP) is -0.931. The fourth-order valence-corrected chi connectivity index (χ4v) is 0. The molecule has 0 amide bonds. The van der Waals surface area contributed by atoms with E-state index in [-0.39, 0.29) is 16.8 Å². The van der Waals surface area contributed by atoms with Crippen molar-refractivity contribution in [3.63, 3.8) is 0 Å². The number of phosphoric acid groups is 1. The van der Waals surface area contributed by atoms with Gasteiger partial charge in [0.25, 0.3) is 0 Å². The zero-order valence-electron chi connectivity index (χ0n) is 2.53. The molecule has 1 radical (unpaired) electrons. The van der Waals surface area contributed by atoms with Crippen molar-refractivity contribution < 1.29 is 36.0 Å². The molecule has 0 rings (SSSR count). The van der Waals surface area contributed by atoms with Gasteiger partial charge in [0.2, 0.25) is 0 Å². The van der Waals surface area contributed by atoms with E-state index in [1.54, 1.807) is 0 Å². The first kappa shape index (κ1) is 9.79. The van der Waals surface area contributed by atoms with Crippen molar-refractivity contribution >= 4 is 7.82 Å². The number of hydrogen-bond acceptors (Lipinski definition) is 1.